The second-order valence-corrected chi connectivity index (χ2v) is 2.48. The van der Waals surface area contributed by atoms with Crippen LogP contribution in [-0.4, -0.2) is 28.0 Å². The molecule has 0 fully saturated rings. The molecule has 0 aromatic heterocycles. The SMILES string of the molecule is COC(=O)/C=C\[Se]C#N. The van der Waals surface area contributed by atoms with Crippen molar-refractivity contribution in [2.24, 2.45) is 0 Å². The first-order chi connectivity index (χ1) is 4.31. The maximum atomic E-state index is 10.3. The normalized spacial score (nSPS) is 8.89. The number of carbonyl (C=O) groups is 1. The van der Waals surface area contributed by atoms with Gasteiger partial charge in [0.25, 0.3) is 0 Å². The van der Waals surface area contributed by atoms with Gasteiger partial charge >= 0.3 is 58.8 Å². The van der Waals surface area contributed by atoms with Crippen LogP contribution >= 0.6 is 0 Å². The zero-order valence-electron chi connectivity index (χ0n) is 4.83. The van der Waals surface area contributed by atoms with E-state index in [0.717, 1.165) is 0 Å². The van der Waals surface area contributed by atoms with E-state index in [2.05, 4.69) is 4.74 Å². The van der Waals surface area contributed by atoms with Crippen LogP contribution in [0.15, 0.2) is 11.1 Å². The fraction of sp³-hybridized carbons (Fsp3) is 0.200. The molecule has 0 amide bonds. The summed E-state index contributed by atoms with van der Waals surface area (Å²) in [6, 6.07) is 0. The molecule has 9 heavy (non-hydrogen) atoms. The van der Waals surface area contributed by atoms with Gasteiger partial charge in [-0.05, 0) is 0 Å². The van der Waals surface area contributed by atoms with Crippen LogP contribution in [0.4, 0.5) is 0 Å². The Morgan fingerprint density at radius 1 is 1.89 bits per heavy atom. The van der Waals surface area contributed by atoms with Gasteiger partial charge in [-0.25, -0.2) is 0 Å². The van der Waals surface area contributed by atoms with Gasteiger partial charge in [0.15, 0.2) is 0 Å². The zero-order chi connectivity index (χ0) is 7.11. The third-order valence-corrected chi connectivity index (χ3v) is 1.32. The number of nitrogens with zero attached hydrogens (tertiary/aromatic N) is 1. The molecule has 0 saturated heterocycles. The van der Waals surface area contributed by atoms with Crippen LogP contribution in [0.25, 0.3) is 0 Å². The van der Waals surface area contributed by atoms with Crippen LogP contribution in [-0.2, 0) is 9.53 Å². The molecule has 4 heteroatoms. The predicted octanol–water partition coefficient (Wildman–Crippen LogP) is -0.142. The van der Waals surface area contributed by atoms with Gasteiger partial charge in [0.1, 0.15) is 0 Å². The van der Waals surface area contributed by atoms with E-state index in [1.54, 1.807) is 0 Å². The third kappa shape index (κ3) is 5.08. The Balaban J connectivity index is 3.47. The van der Waals surface area contributed by atoms with Crippen LogP contribution in [0.5, 0.6) is 0 Å². The van der Waals surface area contributed by atoms with Crippen molar-refractivity contribution >= 4 is 20.9 Å². The Hall–Kier alpha value is -0.781. The maximum absolute atomic E-state index is 10.3. The first-order valence-corrected chi connectivity index (χ1v) is 3.95. The van der Waals surface area contributed by atoms with E-state index in [1.165, 1.54) is 18.2 Å². The molecule has 0 aromatic carbocycles. The summed E-state index contributed by atoms with van der Waals surface area (Å²) in [5, 5.41) is 8.03. The fourth-order valence-electron chi connectivity index (χ4n) is 0.188. The Labute approximate surface area is 59.5 Å². The van der Waals surface area contributed by atoms with Crippen LogP contribution in [0, 0.1) is 10.2 Å². The van der Waals surface area contributed by atoms with Gasteiger partial charge in [-0.15, -0.1) is 0 Å². The summed E-state index contributed by atoms with van der Waals surface area (Å²) in [6.45, 7) is 0. The van der Waals surface area contributed by atoms with Gasteiger partial charge in [0.2, 0.25) is 0 Å². The molecule has 0 rings (SSSR count). The Morgan fingerprint density at radius 3 is 3.00 bits per heavy atom. The summed E-state index contributed by atoms with van der Waals surface area (Å²) >= 11 is -0.228. The molecule has 48 valence electrons. The van der Waals surface area contributed by atoms with Gasteiger partial charge in [-0.1, -0.05) is 0 Å². The van der Waals surface area contributed by atoms with Crippen LogP contribution in [0.2, 0.25) is 0 Å². The third-order valence-electron chi connectivity index (χ3n) is 0.526. The van der Waals surface area contributed by atoms with E-state index in [9.17, 15) is 4.79 Å². The summed E-state index contributed by atoms with van der Waals surface area (Å²) in [6.07, 6.45) is 1.25. The molecule has 0 spiro atoms. The molecular formula is C5H5NO2Se. The molecular weight excluding hydrogens is 185 g/mol. The summed E-state index contributed by atoms with van der Waals surface area (Å²) in [7, 11) is 1.30. The molecule has 0 N–H and O–H groups in total. The second kappa shape index (κ2) is 5.36. The quantitative estimate of drug-likeness (QED) is 0.346. The Morgan fingerprint density at radius 2 is 2.56 bits per heavy atom. The van der Waals surface area contributed by atoms with Crippen LogP contribution < -0.4 is 0 Å². The van der Waals surface area contributed by atoms with Gasteiger partial charge in [-0.2, -0.15) is 0 Å². The first-order valence-electron chi connectivity index (χ1n) is 2.10. The zero-order valence-corrected chi connectivity index (χ0v) is 6.54. The van der Waals surface area contributed by atoms with Gasteiger partial charge in [0.05, 0.1) is 0 Å². The van der Waals surface area contributed by atoms with Crippen molar-refractivity contribution in [2.45, 2.75) is 0 Å². The molecule has 0 aliphatic carbocycles. The van der Waals surface area contributed by atoms with Crippen molar-refractivity contribution < 1.29 is 9.53 Å². The van der Waals surface area contributed by atoms with E-state index in [1.807, 2.05) is 4.97 Å². The van der Waals surface area contributed by atoms with Crippen molar-refractivity contribution in [1.29, 1.82) is 5.26 Å². The van der Waals surface area contributed by atoms with Crippen LogP contribution in [0.1, 0.15) is 0 Å². The second-order valence-electron chi connectivity index (χ2n) is 1.04. The first kappa shape index (κ1) is 8.22. The summed E-state index contributed by atoms with van der Waals surface area (Å²) < 4.78 is 4.27. The van der Waals surface area contributed by atoms with E-state index in [4.69, 9.17) is 5.26 Å². The average molecular weight is 190 g/mol. The predicted molar refractivity (Wildman–Crippen MR) is 32.5 cm³/mol. The number of esters is 1. The van der Waals surface area contributed by atoms with Gasteiger partial charge in [-0.3, -0.25) is 0 Å². The van der Waals surface area contributed by atoms with E-state index >= 15 is 0 Å². The van der Waals surface area contributed by atoms with Crippen molar-refractivity contribution in [3.8, 4) is 4.97 Å². The van der Waals surface area contributed by atoms with Gasteiger partial charge < -0.3 is 0 Å². The standard InChI is InChI=1S/C5H5NO2Se/c1-8-5(7)2-3-9-4-6/h2-3H,1H3/b3-2-. The monoisotopic (exact) mass is 191 g/mol. The number of ether oxygens (including phenoxy) is 1. The van der Waals surface area contributed by atoms with Crippen molar-refractivity contribution in [3.05, 3.63) is 11.1 Å². The molecule has 0 aliphatic heterocycles. The molecule has 0 unspecified atom stereocenters. The van der Waals surface area contributed by atoms with E-state index < -0.39 is 5.97 Å². The van der Waals surface area contributed by atoms with Gasteiger partial charge in [0, 0.05) is 0 Å². The molecule has 0 heterocycles. The fourth-order valence-corrected chi connectivity index (χ4v) is 0.692. The number of hydrogen-bond acceptors (Lipinski definition) is 3. The molecule has 0 aliphatic rings. The number of hydrogen-bond donors (Lipinski definition) is 0. The summed E-state index contributed by atoms with van der Waals surface area (Å²) in [5.74, 6) is -0.410. The van der Waals surface area contributed by atoms with Crippen molar-refractivity contribution in [1.82, 2.24) is 0 Å². The van der Waals surface area contributed by atoms with Crippen molar-refractivity contribution in [3.63, 3.8) is 0 Å². The van der Waals surface area contributed by atoms with E-state index in [-0.39, 0.29) is 15.0 Å². The molecule has 0 atom stereocenters. The molecule has 3 nitrogen and oxygen atoms in total. The summed E-state index contributed by atoms with van der Waals surface area (Å²) in [5.41, 5.74) is 0. The number of methoxy groups -OCH3 is 1. The number of carbonyl (C=O) groups excluding carboxylic acids is 1. The Kier molecular flexibility index (Phi) is 4.89. The van der Waals surface area contributed by atoms with Crippen molar-refractivity contribution in [2.75, 3.05) is 7.11 Å². The number of rotatable bonds is 2. The molecule has 0 saturated carbocycles. The van der Waals surface area contributed by atoms with E-state index in [0.29, 0.717) is 0 Å². The minimum absolute atomic E-state index is 0.228. The number of nitriles is 1. The molecule has 0 aromatic rings. The molecule has 0 radical (unpaired) electrons. The average Bonchev–Trinajstić information content (AvgIpc) is 1.89. The molecule has 0 bridgehead atoms. The Bertz CT molecular complexity index is 159. The topological polar surface area (TPSA) is 50.1 Å². The van der Waals surface area contributed by atoms with Crippen LogP contribution in [0.3, 0.4) is 0 Å². The minimum atomic E-state index is -0.410. The summed E-state index contributed by atoms with van der Waals surface area (Å²) in [4.78, 5) is 13.7.